The average molecular weight is 346 g/mol. The topological polar surface area (TPSA) is 12.0 Å². The zero-order valence-electron chi connectivity index (χ0n) is 12.2. The zero-order chi connectivity index (χ0) is 14.9. The molecule has 1 N–H and O–H groups in total. The van der Waals surface area contributed by atoms with Crippen LogP contribution >= 0.6 is 15.9 Å². The number of hydrogen-bond donors (Lipinski definition) is 1. The van der Waals surface area contributed by atoms with Crippen molar-refractivity contribution >= 4 is 15.9 Å². The molecule has 0 aliphatic heterocycles. The van der Waals surface area contributed by atoms with E-state index in [0.717, 1.165) is 12.8 Å². The molecule has 0 saturated heterocycles. The van der Waals surface area contributed by atoms with Crippen LogP contribution in [0.2, 0.25) is 0 Å². The van der Waals surface area contributed by atoms with Crippen LogP contribution in [0.1, 0.15) is 44.7 Å². The van der Waals surface area contributed by atoms with E-state index in [0.29, 0.717) is 16.3 Å². The fourth-order valence-corrected chi connectivity index (χ4v) is 4.15. The maximum absolute atomic E-state index is 14.2. The van der Waals surface area contributed by atoms with Gasteiger partial charge in [-0.2, -0.15) is 0 Å². The number of nitrogens with one attached hydrogen (secondary N) is 1. The van der Waals surface area contributed by atoms with E-state index in [4.69, 9.17) is 0 Å². The fraction of sp³-hybridized carbons (Fsp3) is 0.625. The van der Waals surface area contributed by atoms with Crippen LogP contribution in [-0.4, -0.2) is 7.05 Å². The van der Waals surface area contributed by atoms with Gasteiger partial charge in [-0.15, -0.1) is 0 Å². The average Bonchev–Trinajstić information content (AvgIpc) is 2.32. The van der Waals surface area contributed by atoms with Gasteiger partial charge in [-0.3, -0.25) is 0 Å². The van der Waals surface area contributed by atoms with Crippen molar-refractivity contribution in [3.63, 3.8) is 0 Å². The molecule has 4 heteroatoms. The molecule has 1 aliphatic carbocycles. The van der Waals surface area contributed by atoms with Gasteiger partial charge in [-0.25, -0.2) is 8.78 Å². The molecule has 0 aromatic heterocycles. The first-order valence-electron chi connectivity index (χ1n) is 7.24. The summed E-state index contributed by atoms with van der Waals surface area (Å²) >= 11 is 3.13. The standard InChI is InChI=1S/C16H22BrF2N/c1-9-4-10(2)6-11(5-9)16(20-3)15-13(18)7-12(17)8-14(15)19/h7-11,16,20H,4-6H2,1-3H3. The number of benzene rings is 1. The molecule has 0 radical (unpaired) electrons. The lowest BCUT2D eigenvalue weighted by atomic mass is 9.72. The molecule has 0 spiro atoms. The molecule has 1 fully saturated rings. The molecule has 1 aromatic carbocycles. The predicted octanol–water partition coefficient (Wildman–Crippen LogP) is 5.06. The monoisotopic (exact) mass is 345 g/mol. The summed E-state index contributed by atoms with van der Waals surface area (Å²) in [6, 6.07) is 2.44. The van der Waals surface area contributed by atoms with Crippen molar-refractivity contribution in [3.8, 4) is 0 Å². The number of halogens is 3. The summed E-state index contributed by atoms with van der Waals surface area (Å²) in [5, 5.41) is 3.13. The Morgan fingerprint density at radius 3 is 2.05 bits per heavy atom. The van der Waals surface area contributed by atoms with E-state index in [1.807, 2.05) is 0 Å². The maximum atomic E-state index is 14.2. The van der Waals surface area contributed by atoms with Gasteiger partial charge in [0.25, 0.3) is 0 Å². The summed E-state index contributed by atoms with van der Waals surface area (Å²) < 4.78 is 28.8. The highest BCUT2D eigenvalue weighted by molar-refractivity contribution is 9.10. The summed E-state index contributed by atoms with van der Waals surface area (Å²) in [7, 11) is 1.79. The lowest BCUT2D eigenvalue weighted by Crippen LogP contribution is -2.32. The van der Waals surface area contributed by atoms with Gasteiger partial charge in [0, 0.05) is 16.1 Å². The van der Waals surface area contributed by atoms with Crippen LogP contribution in [0.3, 0.4) is 0 Å². The van der Waals surface area contributed by atoms with Crippen LogP contribution < -0.4 is 5.32 Å². The van der Waals surface area contributed by atoms with E-state index in [1.165, 1.54) is 18.6 Å². The van der Waals surface area contributed by atoms with Crippen LogP contribution in [0.5, 0.6) is 0 Å². The number of hydrogen-bond acceptors (Lipinski definition) is 1. The van der Waals surface area contributed by atoms with Crippen molar-refractivity contribution < 1.29 is 8.78 Å². The second-order valence-corrected chi connectivity index (χ2v) is 7.14. The fourth-order valence-electron chi connectivity index (χ4n) is 3.75. The third-order valence-electron chi connectivity index (χ3n) is 4.35. The first kappa shape index (κ1) is 15.9. The van der Waals surface area contributed by atoms with Crippen molar-refractivity contribution in [1.29, 1.82) is 0 Å². The van der Waals surface area contributed by atoms with Crippen LogP contribution in [0, 0.1) is 29.4 Å². The molecule has 2 rings (SSSR count). The molecule has 0 amide bonds. The first-order valence-corrected chi connectivity index (χ1v) is 8.03. The molecule has 1 saturated carbocycles. The lowest BCUT2D eigenvalue weighted by Gasteiger charge is -2.36. The van der Waals surface area contributed by atoms with E-state index in [-0.39, 0.29) is 17.5 Å². The van der Waals surface area contributed by atoms with Crippen LogP contribution in [0.25, 0.3) is 0 Å². The Hall–Kier alpha value is -0.480. The summed E-state index contributed by atoms with van der Waals surface area (Å²) in [5.41, 5.74) is 0.182. The number of rotatable bonds is 3. The van der Waals surface area contributed by atoms with Crippen molar-refractivity contribution in [1.82, 2.24) is 5.32 Å². The molecule has 20 heavy (non-hydrogen) atoms. The Morgan fingerprint density at radius 1 is 1.10 bits per heavy atom. The molecule has 1 nitrogen and oxygen atoms in total. The van der Waals surface area contributed by atoms with Crippen LogP contribution in [0.15, 0.2) is 16.6 Å². The van der Waals surface area contributed by atoms with Gasteiger partial charge < -0.3 is 5.32 Å². The Labute approximate surface area is 128 Å². The minimum Gasteiger partial charge on any atom is -0.313 e. The van der Waals surface area contributed by atoms with Gasteiger partial charge in [0.15, 0.2) is 0 Å². The van der Waals surface area contributed by atoms with E-state index < -0.39 is 11.6 Å². The quantitative estimate of drug-likeness (QED) is 0.807. The third-order valence-corrected chi connectivity index (χ3v) is 4.81. The van der Waals surface area contributed by atoms with E-state index in [2.05, 4.69) is 35.1 Å². The third kappa shape index (κ3) is 3.40. The molecule has 3 unspecified atom stereocenters. The molecule has 1 aromatic rings. The smallest absolute Gasteiger partial charge is 0.132 e. The van der Waals surface area contributed by atoms with Crippen LogP contribution in [-0.2, 0) is 0 Å². The van der Waals surface area contributed by atoms with Gasteiger partial charge in [-0.1, -0.05) is 29.8 Å². The summed E-state index contributed by atoms with van der Waals surface area (Å²) in [6.07, 6.45) is 3.24. The highest BCUT2D eigenvalue weighted by atomic mass is 79.9. The Balaban J connectivity index is 2.33. The Morgan fingerprint density at radius 2 is 1.60 bits per heavy atom. The first-order chi connectivity index (χ1) is 9.42. The molecule has 1 aliphatic rings. The Bertz CT molecular complexity index is 445. The molecule has 0 bridgehead atoms. The summed E-state index contributed by atoms with van der Waals surface area (Å²) in [4.78, 5) is 0. The van der Waals surface area contributed by atoms with Gasteiger partial charge in [0.1, 0.15) is 11.6 Å². The zero-order valence-corrected chi connectivity index (χ0v) is 13.8. The van der Waals surface area contributed by atoms with Gasteiger partial charge in [0.2, 0.25) is 0 Å². The van der Waals surface area contributed by atoms with E-state index in [9.17, 15) is 8.78 Å². The normalized spacial score (nSPS) is 28.4. The predicted molar refractivity (Wildman–Crippen MR) is 81.5 cm³/mol. The molecule has 3 atom stereocenters. The highest BCUT2D eigenvalue weighted by Gasteiger charge is 2.33. The second-order valence-electron chi connectivity index (χ2n) is 6.23. The van der Waals surface area contributed by atoms with Crippen molar-refractivity contribution in [2.45, 2.75) is 39.2 Å². The minimum absolute atomic E-state index is 0.182. The molecular weight excluding hydrogens is 324 g/mol. The Kier molecular flexibility index (Phi) is 5.19. The SMILES string of the molecule is CNC(c1c(F)cc(Br)cc1F)C1CC(C)CC(C)C1. The maximum Gasteiger partial charge on any atom is 0.132 e. The highest BCUT2D eigenvalue weighted by Crippen LogP contribution is 2.41. The van der Waals surface area contributed by atoms with Crippen molar-refractivity contribution in [2.75, 3.05) is 7.05 Å². The van der Waals surface area contributed by atoms with Crippen molar-refractivity contribution in [3.05, 3.63) is 33.8 Å². The summed E-state index contributed by atoms with van der Waals surface area (Å²) in [5.74, 6) is 0.565. The largest absolute Gasteiger partial charge is 0.313 e. The molecule has 0 heterocycles. The summed E-state index contributed by atoms with van der Waals surface area (Å²) in [6.45, 7) is 4.45. The van der Waals surface area contributed by atoms with Crippen LogP contribution in [0.4, 0.5) is 8.78 Å². The van der Waals surface area contributed by atoms with Crippen molar-refractivity contribution in [2.24, 2.45) is 17.8 Å². The minimum atomic E-state index is -0.470. The van der Waals surface area contributed by atoms with E-state index >= 15 is 0 Å². The van der Waals surface area contributed by atoms with E-state index in [1.54, 1.807) is 7.05 Å². The van der Waals surface area contributed by atoms with Gasteiger partial charge >= 0.3 is 0 Å². The lowest BCUT2D eigenvalue weighted by molar-refractivity contribution is 0.176. The van der Waals surface area contributed by atoms with Gasteiger partial charge in [-0.05, 0) is 56.2 Å². The van der Waals surface area contributed by atoms with Gasteiger partial charge in [0.05, 0.1) is 0 Å². The second kappa shape index (κ2) is 6.52. The molecular formula is C16H22BrF2N. The molecule has 112 valence electrons.